The number of hydrogen-bond donors (Lipinski definition) is 0. The van der Waals surface area contributed by atoms with Crippen molar-refractivity contribution in [1.29, 1.82) is 0 Å². The Labute approximate surface area is 260 Å². The van der Waals surface area contributed by atoms with E-state index < -0.39 is 18.0 Å². The number of carbonyl (C=O) groups excluding carboxylic acids is 3. The van der Waals surface area contributed by atoms with Crippen LogP contribution in [0.1, 0.15) is 42.1 Å². The third kappa shape index (κ3) is 7.48. The van der Waals surface area contributed by atoms with Crippen LogP contribution in [0.4, 0.5) is 18.9 Å². The molecule has 3 aliphatic rings. The van der Waals surface area contributed by atoms with Gasteiger partial charge in [-0.05, 0) is 74.4 Å². The molecule has 0 aromatic heterocycles. The number of halogens is 4. The van der Waals surface area contributed by atoms with Crippen LogP contribution in [-0.2, 0) is 9.59 Å². The molecule has 12 heteroatoms. The average Bonchev–Trinajstić information content (AvgIpc) is 3.55. The van der Waals surface area contributed by atoms with Crippen LogP contribution in [0.3, 0.4) is 0 Å². The van der Waals surface area contributed by atoms with Crippen LogP contribution in [0.15, 0.2) is 42.5 Å². The minimum Gasteiger partial charge on any atom is -0.405 e. The normalized spacial score (nSPS) is 21.0. The van der Waals surface area contributed by atoms with Crippen molar-refractivity contribution in [3.05, 3.63) is 58.6 Å². The number of likely N-dealkylation sites (tertiary alicyclic amines) is 3. The van der Waals surface area contributed by atoms with Crippen molar-refractivity contribution in [3.63, 3.8) is 0 Å². The Hall–Kier alpha value is -3.31. The Morgan fingerprint density at radius 3 is 2.25 bits per heavy atom. The Morgan fingerprint density at radius 2 is 1.64 bits per heavy atom. The van der Waals surface area contributed by atoms with Crippen LogP contribution in [0.2, 0.25) is 5.02 Å². The van der Waals surface area contributed by atoms with Gasteiger partial charge in [-0.2, -0.15) is 0 Å². The van der Waals surface area contributed by atoms with Gasteiger partial charge in [-0.1, -0.05) is 29.8 Å². The van der Waals surface area contributed by atoms with Crippen LogP contribution < -0.4 is 9.64 Å². The molecule has 0 aliphatic carbocycles. The molecule has 3 amide bonds. The quantitative estimate of drug-likeness (QED) is 0.398. The van der Waals surface area contributed by atoms with E-state index in [2.05, 4.69) is 9.64 Å². The van der Waals surface area contributed by atoms with Gasteiger partial charge >= 0.3 is 6.36 Å². The molecule has 0 bridgehead atoms. The smallest absolute Gasteiger partial charge is 0.405 e. The second-order valence-corrected chi connectivity index (χ2v) is 12.5. The van der Waals surface area contributed by atoms with Crippen LogP contribution in [-0.4, -0.2) is 91.1 Å². The lowest BCUT2D eigenvalue weighted by atomic mass is 9.94. The molecule has 238 valence electrons. The van der Waals surface area contributed by atoms with Gasteiger partial charge in [0.25, 0.3) is 5.91 Å². The number of hydrogen-bond acceptors (Lipinski definition) is 5. The standard InChI is InChI=1S/C32H38ClF3N4O4/c1-21-8-9-26(16-28(21)33)40(30(42)23-10-14-38(15-11-23)22(2)41)13-5-12-37-17-24-19-39(20-25(24)18-37)31(43)27-6-3-4-7-29(27)44-32(34,35)36/h3-4,6-9,16,23-25H,5,10-15,17-20H2,1-2H3. The van der Waals surface area contributed by atoms with Gasteiger partial charge in [0.2, 0.25) is 11.8 Å². The zero-order chi connectivity index (χ0) is 31.6. The molecule has 2 atom stereocenters. The van der Waals surface area contributed by atoms with Gasteiger partial charge < -0.3 is 24.3 Å². The van der Waals surface area contributed by atoms with E-state index >= 15 is 0 Å². The van der Waals surface area contributed by atoms with Gasteiger partial charge in [-0.25, -0.2) is 0 Å². The Balaban J connectivity index is 1.16. The van der Waals surface area contributed by atoms with E-state index in [1.54, 1.807) is 16.7 Å². The zero-order valence-corrected chi connectivity index (χ0v) is 25.7. The number of fused-ring (bicyclic) bond motifs is 1. The first-order valence-electron chi connectivity index (χ1n) is 15.1. The van der Waals surface area contributed by atoms with Crippen LogP contribution in [0.5, 0.6) is 5.75 Å². The third-order valence-corrected chi connectivity index (χ3v) is 9.48. The van der Waals surface area contributed by atoms with E-state index in [-0.39, 0.29) is 35.1 Å². The minimum atomic E-state index is -4.88. The van der Waals surface area contributed by atoms with Crippen LogP contribution >= 0.6 is 11.6 Å². The van der Waals surface area contributed by atoms with Crippen molar-refractivity contribution < 1.29 is 32.3 Å². The van der Waals surface area contributed by atoms with Crippen molar-refractivity contribution in [2.45, 2.75) is 39.5 Å². The molecule has 2 unspecified atom stereocenters. The maximum Gasteiger partial charge on any atom is 0.573 e. The number of carbonyl (C=O) groups is 3. The predicted octanol–water partition coefficient (Wildman–Crippen LogP) is 5.23. The molecular formula is C32H38ClF3N4O4. The predicted molar refractivity (Wildman–Crippen MR) is 161 cm³/mol. The number of aryl methyl sites for hydroxylation is 1. The van der Waals surface area contributed by atoms with Crippen molar-refractivity contribution in [1.82, 2.24) is 14.7 Å². The number of rotatable bonds is 8. The van der Waals surface area contributed by atoms with Gasteiger partial charge in [0.15, 0.2) is 0 Å². The molecule has 0 spiro atoms. The van der Waals surface area contributed by atoms with Gasteiger partial charge in [-0.3, -0.25) is 14.4 Å². The Kier molecular flexibility index (Phi) is 9.74. The molecule has 0 saturated carbocycles. The van der Waals surface area contributed by atoms with E-state index in [0.29, 0.717) is 50.6 Å². The molecule has 44 heavy (non-hydrogen) atoms. The number of nitrogens with zero attached hydrogens (tertiary/aromatic N) is 4. The summed E-state index contributed by atoms with van der Waals surface area (Å²) < 4.78 is 42.7. The molecule has 3 fully saturated rings. The second-order valence-electron chi connectivity index (χ2n) is 12.1. The summed E-state index contributed by atoms with van der Waals surface area (Å²) in [5.41, 5.74) is 1.61. The van der Waals surface area contributed by atoms with Gasteiger partial charge in [-0.15, -0.1) is 13.2 Å². The molecule has 0 radical (unpaired) electrons. The molecule has 3 saturated heterocycles. The summed E-state index contributed by atoms with van der Waals surface area (Å²) >= 11 is 6.43. The minimum absolute atomic E-state index is 0.0289. The second kappa shape index (κ2) is 13.4. The summed E-state index contributed by atoms with van der Waals surface area (Å²) in [7, 11) is 0. The molecule has 5 rings (SSSR count). The highest BCUT2D eigenvalue weighted by atomic mass is 35.5. The number of alkyl halides is 3. The van der Waals surface area contributed by atoms with Gasteiger partial charge in [0.1, 0.15) is 5.75 Å². The monoisotopic (exact) mass is 634 g/mol. The number of para-hydroxylation sites is 1. The van der Waals surface area contributed by atoms with E-state index in [0.717, 1.165) is 43.4 Å². The fourth-order valence-electron chi connectivity index (χ4n) is 6.70. The first-order valence-corrected chi connectivity index (χ1v) is 15.5. The summed E-state index contributed by atoms with van der Waals surface area (Å²) in [6, 6.07) is 11.1. The lowest BCUT2D eigenvalue weighted by molar-refractivity contribution is -0.274. The van der Waals surface area contributed by atoms with Gasteiger partial charge in [0, 0.05) is 69.4 Å². The van der Waals surface area contributed by atoms with E-state index in [1.165, 1.54) is 18.2 Å². The molecule has 0 N–H and O–H groups in total. The maximum absolute atomic E-state index is 13.7. The Bertz CT molecular complexity index is 1370. The molecule has 3 aliphatic heterocycles. The van der Waals surface area contributed by atoms with E-state index in [9.17, 15) is 27.6 Å². The largest absolute Gasteiger partial charge is 0.573 e. The topological polar surface area (TPSA) is 73.4 Å². The molecule has 8 nitrogen and oxygen atoms in total. The van der Waals surface area contributed by atoms with Gasteiger partial charge in [0.05, 0.1) is 5.56 Å². The highest BCUT2D eigenvalue weighted by molar-refractivity contribution is 6.31. The number of anilines is 1. The lowest BCUT2D eigenvalue weighted by Crippen LogP contribution is -2.44. The highest BCUT2D eigenvalue weighted by Gasteiger charge is 2.42. The number of piperidine rings is 1. The number of ether oxygens (including phenoxy) is 1. The Morgan fingerprint density at radius 1 is 0.977 bits per heavy atom. The summed E-state index contributed by atoms with van der Waals surface area (Å²) in [5, 5.41) is 0.603. The fraction of sp³-hybridized carbons (Fsp3) is 0.531. The summed E-state index contributed by atoms with van der Waals surface area (Å²) in [6.45, 7) is 8.44. The molecule has 2 aromatic carbocycles. The number of amides is 3. The maximum atomic E-state index is 13.7. The van der Waals surface area contributed by atoms with Crippen LogP contribution in [0.25, 0.3) is 0 Å². The SMILES string of the molecule is CC(=O)N1CCC(C(=O)N(CCCN2CC3CN(C(=O)c4ccccc4OC(F)(F)F)CC3C2)c2ccc(C)c(Cl)c2)CC1. The fourth-order valence-corrected chi connectivity index (χ4v) is 6.87. The highest BCUT2D eigenvalue weighted by Crippen LogP contribution is 2.34. The average molecular weight is 635 g/mol. The zero-order valence-electron chi connectivity index (χ0n) is 25.0. The van der Waals surface area contributed by atoms with Crippen molar-refractivity contribution in [2.75, 3.05) is 57.3 Å². The first kappa shape index (κ1) is 32.1. The summed E-state index contributed by atoms with van der Waals surface area (Å²) in [6.07, 6.45) is -2.87. The van der Waals surface area contributed by atoms with Crippen molar-refractivity contribution >= 4 is 35.0 Å². The summed E-state index contributed by atoms with van der Waals surface area (Å²) in [5.74, 6) is -0.555. The lowest BCUT2D eigenvalue weighted by Gasteiger charge is -2.34. The molecule has 3 heterocycles. The third-order valence-electron chi connectivity index (χ3n) is 9.07. The first-order chi connectivity index (χ1) is 20.9. The molecular weight excluding hydrogens is 597 g/mol. The van der Waals surface area contributed by atoms with E-state index in [4.69, 9.17) is 11.6 Å². The number of benzene rings is 2. The van der Waals surface area contributed by atoms with Crippen molar-refractivity contribution in [3.8, 4) is 5.75 Å². The van der Waals surface area contributed by atoms with Crippen LogP contribution in [0, 0.1) is 24.7 Å². The van der Waals surface area contributed by atoms with Crippen molar-refractivity contribution in [2.24, 2.45) is 17.8 Å². The summed E-state index contributed by atoms with van der Waals surface area (Å²) in [4.78, 5) is 46.2. The van der Waals surface area contributed by atoms with E-state index in [1.807, 2.05) is 30.0 Å². The molecule has 2 aromatic rings.